The van der Waals surface area contributed by atoms with E-state index in [1.54, 1.807) is 6.08 Å². The van der Waals surface area contributed by atoms with E-state index in [-0.39, 0.29) is 0 Å². The molecule has 1 N–H and O–H groups in total. The topological polar surface area (TPSA) is 62.2 Å². The monoisotopic (exact) mass is 453 g/mol. The van der Waals surface area contributed by atoms with Crippen LogP contribution in [0.15, 0.2) is 127 Å². The third-order valence-electron chi connectivity index (χ3n) is 5.12. The number of fused-ring (bicyclic) bond motifs is 1. The number of anilines is 2. The number of para-hydroxylation sites is 4. The van der Waals surface area contributed by atoms with Gasteiger partial charge in [-0.1, -0.05) is 60.2 Å². The molecule has 7 nitrogen and oxygen atoms in total. The van der Waals surface area contributed by atoms with Crippen molar-refractivity contribution in [2.24, 2.45) is 15.4 Å². The summed E-state index contributed by atoms with van der Waals surface area (Å²) < 4.78 is 4.09. The fraction of sp³-hybridized carbons (Fsp3) is 0.148. The van der Waals surface area contributed by atoms with Crippen LogP contribution in [0.25, 0.3) is 11.0 Å². The zero-order valence-electron chi connectivity index (χ0n) is 19.5. The molecule has 0 saturated heterocycles. The lowest BCUT2D eigenvalue weighted by atomic mass is 10.2. The van der Waals surface area contributed by atoms with Crippen molar-refractivity contribution < 1.29 is 0 Å². The molecule has 0 aliphatic carbocycles. The first-order valence-corrected chi connectivity index (χ1v) is 11.0. The number of imidazole rings is 1. The van der Waals surface area contributed by atoms with Crippen molar-refractivity contribution in [3.05, 3.63) is 117 Å². The van der Waals surface area contributed by atoms with Gasteiger partial charge in [-0.15, -0.1) is 31.4 Å². The van der Waals surface area contributed by atoms with Crippen LogP contribution in [0.2, 0.25) is 0 Å². The van der Waals surface area contributed by atoms with Gasteiger partial charge in [0.25, 0.3) is 0 Å². The van der Waals surface area contributed by atoms with Crippen LogP contribution < -0.4 is 15.8 Å². The Kier molecular flexibility index (Phi) is 8.57. The molecule has 1 aromatic heterocycles. The van der Waals surface area contributed by atoms with Gasteiger partial charge in [-0.25, -0.2) is 0 Å². The maximum Gasteiger partial charge on any atom is 0.233 e. The fourth-order valence-corrected chi connectivity index (χ4v) is 3.69. The molecule has 0 aliphatic heterocycles. The Morgan fingerprint density at radius 2 is 1.47 bits per heavy atom. The van der Waals surface area contributed by atoms with Crippen molar-refractivity contribution in [1.82, 2.24) is 9.13 Å². The summed E-state index contributed by atoms with van der Waals surface area (Å²) in [6.07, 6.45) is 7.27. The van der Waals surface area contributed by atoms with Crippen LogP contribution in [0, 0.1) is 0 Å². The van der Waals surface area contributed by atoms with E-state index >= 15 is 0 Å². The highest BCUT2D eigenvalue weighted by Gasteiger charge is 2.13. The molecular formula is C27H31N7. The quantitative estimate of drug-likeness (QED) is 0.201. The average Bonchev–Trinajstić information content (AvgIpc) is 3.14. The summed E-state index contributed by atoms with van der Waals surface area (Å²) in [4.78, 5) is 1.93. The first-order valence-electron chi connectivity index (χ1n) is 11.0. The molecule has 1 heterocycles. The predicted octanol–water partition coefficient (Wildman–Crippen LogP) is 5.84. The summed E-state index contributed by atoms with van der Waals surface area (Å²) in [5, 5.41) is 16.3. The van der Waals surface area contributed by atoms with Crippen molar-refractivity contribution in [2.45, 2.75) is 13.1 Å². The van der Waals surface area contributed by atoms with Crippen LogP contribution in [-0.4, -0.2) is 22.2 Å². The smallest absolute Gasteiger partial charge is 0.233 e. The molecule has 0 saturated carbocycles. The molecule has 174 valence electrons. The van der Waals surface area contributed by atoms with Crippen LogP contribution in [-0.2, 0) is 13.1 Å². The highest BCUT2D eigenvalue weighted by molar-refractivity contribution is 5.76. The van der Waals surface area contributed by atoms with Gasteiger partial charge in [-0.05, 0) is 29.5 Å². The molecule has 0 atom stereocenters. The Hall–Kier alpha value is -4.39. The zero-order valence-corrected chi connectivity index (χ0v) is 19.5. The van der Waals surface area contributed by atoms with Crippen molar-refractivity contribution in [1.29, 1.82) is 0 Å². The van der Waals surface area contributed by atoms with E-state index in [9.17, 15) is 0 Å². The van der Waals surface area contributed by atoms with E-state index in [4.69, 9.17) is 0 Å². The Morgan fingerprint density at radius 3 is 2.06 bits per heavy atom. The maximum absolute atomic E-state index is 4.48. The summed E-state index contributed by atoms with van der Waals surface area (Å²) in [6.45, 7) is 21.9. The minimum Gasteiger partial charge on any atom is -0.380 e. The highest BCUT2D eigenvalue weighted by atomic mass is 15.4. The molecule has 3 aromatic rings. The van der Waals surface area contributed by atoms with E-state index < -0.39 is 0 Å². The van der Waals surface area contributed by atoms with Gasteiger partial charge in [0.15, 0.2) is 5.82 Å². The van der Waals surface area contributed by atoms with Crippen LogP contribution in [0.4, 0.5) is 11.4 Å². The number of hydrogen-bond acceptors (Lipinski definition) is 4. The third-order valence-corrected chi connectivity index (χ3v) is 5.12. The predicted molar refractivity (Wildman–Crippen MR) is 143 cm³/mol. The Morgan fingerprint density at radius 1 is 0.853 bits per heavy atom. The largest absolute Gasteiger partial charge is 0.380 e. The van der Waals surface area contributed by atoms with Gasteiger partial charge in [0, 0.05) is 26.2 Å². The molecule has 0 bridgehead atoms. The lowest BCUT2D eigenvalue weighted by molar-refractivity contribution is 0.673. The molecule has 0 spiro atoms. The summed E-state index contributed by atoms with van der Waals surface area (Å²) in [5.41, 5.74) is 4.57. The Labute approximate surface area is 200 Å². The van der Waals surface area contributed by atoms with E-state index in [1.807, 2.05) is 80.8 Å². The molecule has 0 unspecified atom stereocenters. The lowest BCUT2D eigenvalue weighted by Crippen LogP contribution is -2.25. The van der Waals surface area contributed by atoms with E-state index in [0.29, 0.717) is 37.6 Å². The number of nitrogens with one attached hydrogen (secondary N) is 1. The van der Waals surface area contributed by atoms with Gasteiger partial charge in [0.2, 0.25) is 5.62 Å². The normalized spacial score (nSPS) is 10.7. The molecule has 0 radical (unpaired) electrons. The zero-order chi connectivity index (χ0) is 24.3. The Balaban J connectivity index is 2.02. The number of allylic oxidation sites excluding steroid dienone is 2. The average molecular weight is 454 g/mol. The van der Waals surface area contributed by atoms with Crippen LogP contribution in [0.1, 0.15) is 0 Å². The van der Waals surface area contributed by atoms with Crippen molar-refractivity contribution >= 4 is 22.4 Å². The third kappa shape index (κ3) is 5.32. The van der Waals surface area contributed by atoms with Gasteiger partial charge in [0.1, 0.15) is 0 Å². The van der Waals surface area contributed by atoms with Crippen molar-refractivity contribution in [2.75, 3.05) is 23.3 Å². The van der Waals surface area contributed by atoms with E-state index in [1.165, 1.54) is 0 Å². The van der Waals surface area contributed by atoms with Crippen LogP contribution >= 0.6 is 0 Å². The van der Waals surface area contributed by atoms with Gasteiger partial charge in [0.05, 0.1) is 22.4 Å². The van der Waals surface area contributed by atoms with Crippen molar-refractivity contribution in [3.63, 3.8) is 0 Å². The highest BCUT2D eigenvalue weighted by Crippen LogP contribution is 2.28. The fourth-order valence-electron chi connectivity index (χ4n) is 3.69. The number of rotatable bonds is 13. The van der Waals surface area contributed by atoms with Crippen LogP contribution in [0.3, 0.4) is 0 Å². The second kappa shape index (κ2) is 12.0. The molecule has 2 aromatic carbocycles. The van der Waals surface area contributed by atoms with Gasteiger partial charge < -0.3 is 19.4 Å². The van der Waals surface area contributed by atoms with Crippen molar-refractivity contribution in [3.8, 4) is 0 Å². The molecule has 0 fully saturated rings. The lowest BCUT2D eigenvalue weighted by Gasteiger charge is -2.24. The molecule has 0 amide bonds. The molecule has 0 aliphatic rings. The van der Waals surface area contributed by atoms with E-state index in [2.05, 4.69) is 53.7 Å². The Bertz CT molecular complexity index is 1240. The number of benzene rings is 2. The van der Waals surface area contributed by atoms with Gasteiger partial charge in [-0.3, -0.25) is 0 Å². The number of hydrogen-bond donors (Lipinski definition) is 1. The summed E-state index contributed by atoms with van der Waals surface area (Å²) in [5.74, 6) is 0.443. The summed E-state index contributed by atoms with van der Waals surface area (Å²) in [6, 6.07) is 16.0. The summed E-state index contributed by atoms with van der Waals surface area (Å²) in [7, 11) is 0. The molecule has 7 heteroatoms. The SMILES string of the molecule is C=CCNc1ccccc1N(CC=C)C(=C)N=NN=c1n(CC=C)c2ccccc2n1CC=C. The summed E-state index contributed by atoms with van der Waals surface area (Å²) >= 11 is 0. The molecule has 34 heavy (non-hydrogen) atoms. The minimum atomic E-state index is 0.443. The second-order valence-corrected chi connectivity index (χ2v) is 7.38. The first-order chi connectivity index (χ1) is 16.7. The maximum atomic E-state index is 4.48. The molecule has 3 rings (SSSR count). The van der Waals surface area contributed by atoms with Crippen LogP contribution in [0.5, 0.6) is 0 Å². The minimum absolute atomic E-state index is 0.443. The second-order valence-electron chi connectivity index (χ2n) is 7.38. The van der Waals surface area contributed by atoms with Gasteiger partial charge in [-0.2, -0.15) is 0 Å². The number of aromatic nitrogens is 2. The van der Waals surface area contributed by atoms with Gasteiger partial charge >= 0.3 is 0 Å². The first kappa shape index (κ1) is 24.3. The van der Waals surface area contributed by atoms with E-state index in [0.717, 1.165) is 22.4 Å². The number of nitrogens with zero attached hydrogens (tertiary/aromatic N) is 6. The standard InChI is InChI=1S/C27H31N7/c1-6-18-28-23-14-10-11-15-24(23)32(19-7-2)22(5)29-31-30-27-33(20-8-3)25-16-12-13-17-26(25)34(27)21-9-4/h6-17,28H,1-5,18-21H2. The molecular weight excluding hydrogens is 422 g/mol.